The number of hydrogen-bond acceptors (Lipinski definition) is 4. The van der Waals surface area contributed by atoms with Crippen LogP contribution in [0.15, 0.2) is 89.7 Å². The SMILES string of the molecule is [2H]C([2H])(c1cc(-c2[c-]cccc2)nc[c]1[Ge]([CH3])([CH3])[CH3])C(C)C.[2H]c1ccc2c(n1)oc1c(-c3cc(C([2H])([2H])C4CCCCC4)ccn3)[c-]ccc12.[Ir]. The average Bonchev–Trinajstić information content (AvgIpc) is 3.50. The first-order chi connectivity index (χ1) is 24.2. The van der Waals surface area contributed by atoms with Gasteiger partial charge in [0.15, 0.2) is 0 Å². The van der Waals surface area contributed by atoms with Gasteiger partial charge in [0.25, 0.3) is 0 Å². The van der Waals surface area contributed by atoms with Crippen molar-refractivity contribution in [2.45, 2.75) is 76.0 Å². The van der Waals surface area contributed by atoms with Gasteiger partial charge in [-0.15, -0.1) is 18.2 Å². The molecule has 0 N–H and O–H groups in total. The standard InChI is InChI=1S/C23H21N2O.C18H24GeN.Ir/c1-2-6-16(7-3-1)14-17-11-13-24-21(15-17)20-9-4-8-18-19-10-5-12-25-23(19)26-22(18)20;1-14(2)11-16-12-18(15-9-7-6-8-10-15)20-13-17(16)19(3,4)5;/h4-5,8,10-13,15-16H,1-3,6-7,14H2;6-9,12-14H,11H2,1-5H3;/q2*-1;/i12D,14D2;11D2;. The molecule has 0 aliphatic heterocycles. The second-order valence-electron chi connectivity index (χ2n) is 13.3. The first kappa shape index (κ1) is 28.9. The van der Waals surface area contributed by atoms with Crippen LogP contribution in [-0.2, 0) is 32.9 Å². The van der Waals surface area contributed by atoms with Crippen LogP contribution in [0.1, 0.15) is 63.9 Å². The molecule has 47 heavy (non-hydrogen) atoms. The molecule has 6 aromatic rings. The Morgan fingerprint density at radius 2 is 1.74 bits per heavy atom. The Kier molecular flexibility index (Phi) is 9.73. The van der Waals surface area contributed by atoms with Gasteiger partial charge < -0.3 is 9.40 Å². The summed E-state index contributed by atoms with van der Waals surface area (Å²) < 4.78 is 49.5. The molecule has 2 aromatic carbocycles. The first-order valence-electron chi connectivity index (χ1n) is 18.8. The number of benzene rings is 2. The van der Waals surface area contributed by atoms with Gasteiger partial charge in [-0.05, 0) is 36.2 Å². The van der Waals surface area contributed by atoms with E-state index in [1.807, 2.05) is 74.6 Å². The number of nitrogens with zero attached hydrogens (tertiary/aromatic N) is 3. The molecule has 4 aromatic heterocycles. The van der Waals surface area contributed by atoms with Gasteiger partial charge in [-0.2, -0.15) is 0 Å². The third kappa shape index (κ3) is 8.68. The van der Waals surface area contributed by atoms with E-state index < -0.39 is 26.0 Å². The fourth-order valence-corrected chi connectivity index (χ4v) is 8.99. The molecule has 0 bridgehead atoms. The number of rotatable bonds is 7. The second-order valence-corrected chi connectivity index (χ2v) is 23.9. The Morgan fingerprint density at radius 1 is 0.915 bits per heavy atom. The smallest absolute Gasteiger partial charge is 0.216 e. The molecule has 0 spiro atoms. The molecular weight excluding hydrogens is 815 g/mol. The second kappa shape index (κ2) is 15.9. The summed E-state index contributed by atoms with van der Waals surface area (Å²) in [4.78, 5) is 13.3. The molecule has 4 nitrogen and oxygen atoms in total. The number of pyridine rings is 3. The van der Waals surface area contributed by atoms with Crippen LogP contribution in [0, 0.1) is 24.0 Å². The van der Waals surface area contributed by atoms with Crippen molar-refractivity contribution in [2.24, 2.45) is 11.8 Å². The van der Waals surface area contributed by atoms with E-state index in [0.29, 0.717) is 28.1 Å². The van der Waals surface area contributed by atoms with Gasteiger partial charge in [0.2, 0.25) is 5.71 Å². The van der Waals surface area contributed by atoms with E-state index in [4.69, 9.17) is 11.3 Å². The zero-order valence-corrected chi connectivity index (χ0v) is 32.3. The zero-order chi connectivity index (χ0) is 36.6. The fourth-order valence-electron chi connectivity index (χ4n) is 6.04. The Labute approximate surface area is 303 Å². The summed E-state index contributed by atoms with van der Waals surface area (Å²) in [5.74, 6) is 6.81. The summed E-state index contributed by atoms with van der Waals surface area (Å²) in [7, 11) is 0. The third-order valence-electron chi connectivity index (χ3n) is 8.29. The van der Waals surface area contributed by atoms with Crippen LogP contribution in [-0.4, -0.2) is 28.2 Å². The van der Waals surface area contributed by atoms with Crippen LogP contribution in [0.2, 0.25) is 17.3 Å². The molecular formula is C41H45GeIrN3O-2. The van der Waals surface area contributed by atoms with Crippen molar-refractivity contribution in [3.8, 4) is 22.5 Å². The molecule has 245 valence electrons. The molecule has 0 unspecified atom stereocenters. The quantitative estimate of drug-likeness (QED) is 0.119. The number of furan rings is 1. The summed E-state index contributed by atoms with van der Waals surface area (Å²) >= 11 is -2.20. The predicted octanol–water partition coefficient (Wildman–Crippen LogP) is 10.3. The topological polar surface area (TPSA) is 51.8 Å². The van der Waals surface area contributed by atoms with E-state index in [0.717, 1.165) is 57.7 Å². The molecule has 1 aliphatic carbocycles. The Morgan fingerprint density at radius 3 is 2.49 bits per heavy atom. The molecule has 0 atom stereocenters. The van der Waals surface area contributed by atoms with Crippen molar-refractivity contribution < 1.29 is 31.4 Å². The third-order valence-corrected chi connectivity index (χ3v) is 12.5. The minimum Gasteiger partial charge on any atom is -0.486 e. The van der Waals surface area contributed by atoms with Crippen molar-refractivity contribution in [3.05, 3.63) is 109 Å². The van der Waals surface area contributed by atoms with Crippen molar-refractivity contribution in [2.75, 3.05) is 0 Å². The van der Waals surface area contributed by atoms with Gasteiger partial charge in [-0.3, -0.25) is 0 Å². The molecule has 4 heterocycles. The first-order valence-corrected chi connectivity index (χ1v) is 23.7. The summed E-state index contributed by atoms with van der Waals surface area (Å²) in [6, 6.07) is 26.9. The van der Waals surface area contributed by atoms with E-state index in [2.05, 4.69) is 44.4 Å². The molecule has 7 rings (SSSR count). The van der Waals surface area contributed by atoms with Crippen LogP contribution < -0.4 is 4.40 Å². The Hall–Kier alpha value is -3.12. The fraction of sp³-hybridized carbons (Fsp3) is 0.341. The van der Waals surface area contributed by atoms with Gasteiger partial charge in [-0.25, -0.2) is 4.98 Å². The Balaban J connectivity index is 0.000000205. The molecule has 1 saturated carbocycles. The van der Waals surface area contributed by atoms with Gasteiger partial charge >= 0.3 is 128 Å². The maximum absolute atomic E-state index is 8.77. The van der Waals surface area contributed by atoms with Crippen LogP contribution in [0.5, 0.6) is 0 Å². The van der Waals surface area contributed by atoms with E-state index in [1.165, 1.54) is 6.42 Å². The normalized spacial score (nSPS) is 15.9. The summed E-state index contributed by atoms with van der Waals surface area (Å²) in [6.07, 6.45) is 6.24. The van der Waals surface area contributed by atoms with E-state index in [-0.39, 0.29) is 38.1 Å². The predicted molar refractivity (Wildman–Crippen MR) is 194 cm³/mol. The summed E-state index contributed by atoms with van der Waals surface area (Å²) in [6.45, 7) is 3.88. The summed E-state index contributed by atoms with van der Waals surface area (Å²) in [5.41, 5.74) is 5.54. The molecule has 1 fully saturated rings. The van der Waals surface area contributed by atoms with Gasteiger partial charge in [-0.1, -0.05) is 54.7 Å². The molecule has 6 heteroatoms. The average molecular weight is 866 g/mol. The van der Waals surface area contributed by atoms with Gasteiger partial charge in [0.1, 0.15) is 0 Å². The van der Waals surface area contributed by atoms with Gasteiger partial charge in [0, 0.05) is 40.6 Å². The van der Waals surface area contributed by atoms with E-state index in [9.17, 15) is 0 Å². The molecule has 1 radical (unpaired) electrons. The van der Waals surface area contributed by atoms with Crippen LogP contribution >= 0.6 is 0 Å². The van der Waals surface area contributed by atoms with Gasteiger partial charge in [0.05, 0.1) is 6.95 Å². The molecule has 0 amide bonds. The van der Waals surface area contributed by atoms with Crippen LogP contribution in [0.25, 0.3) is 44.6 Å². The number of aromatic nitrogens is 3. The van der Waals surface area contributed by atoms with Crippen molar-refractivity contribution >= 4 is 39.7 Å². The van der Waals surface area contributed by atoms with Crippen LogP contribution in [0.4, 0.5) is 0 Å². The maximum Gasteiger partial charge on any atom is 0.216 e. The minimum absolute atomic E-state index is 0. The number of fused-ring (bicyclic) bond motifs is 3. The van der Waals surface area contributed by atoms with Crippen molar-refractivity contribution in [1.29, 1.82) is 0 Å². The Bertz CT molecular complexity index is 2140. The van der Waals surface area contributed by atoms with Crippen molar-refractivity contribution in [1.82, 2.24) is 15.0 Å². The molecule has 0 saturated heterocycles. The van der Waals surface area contributed by atoms with E-state index in [1.54, 1.807) is 18.3 Å². The summed E-state index contributed by atoms with van der Waals surface area (Å²) in [5, 5.41) is 1.74. The zero-order valence-electron chi connectivity index (χ0n) is 32.8. The molecule has 1 aliphatic rings. The van der Waals surface area contributed by atoms with Crippen LogP contribution in [0.3, 0.4) is 0 Å². The number of hydrogen-bond donors (Lipinski definition) is 0. The monoisotopic (exact) mass is 867 g/mol. The van der Waals surface area contributed by atoms with Crippen molar-refractivity contribution in [3.63, 3.8) is 0 Å². The minimum atomic E-state index is -2.20. The maximum atomic E-state index is 8.77. The van der Waals surface area contributed by atoms with E-state index >= 15 is 0 Å². The largest absolute Gasteiger partial charge is 0.486 e.